The van der Waals surface area contributed by atoms with Gasteiger partial charge in [0.15, 0.2) is 5.41 Å². The van der Waals surface area contributed by atoms with Crippen LogP contribution in [0.5, 0.6) is 0 Å². The van der Waals surface area contributed by atoms with Crippen LogP contribution in [0, 0.1) is 27.6 Å². The lowest BCUT2D eigenvalue weighted by Gasteiger charge is -2.48. The number of carbonyl (C=O) groups excluding carboxylic acids is 1. The zero-order valence-electron chi connectivity index (χ0n) is 19.3. The minimum Gasteiger partial charge on any atom is -0.462 e. The summed E-state index contributed by atoms with van der Waals surface area (Å²) in [6, 6.07) is 0. The van der Waals surface area contributed by atoms with Gasteiger partial charge in [0.25, 0.3) is 0 Å². The topological polar surface area (TPSA) is 26.3 Å². The van der Waals surface area contributed by atoms with Gasteiger partial charge in [0, 0.05) is 0 Å². The molecule has 1 atom stereocenters. The number of alkyl halides is 3. The van der Waals surface area contributed by atoms with Crippen molar-refractivity contribution in [3.63, 3.8) is 0 Å². The SMILES string of the molecule is CCC(C)(C)CC(C(=O)OC1CCC(C(C)(C)C)CC1)(C(C)(C)C)C(F)(F)F. The fraction of sp³-hybridized carbons (Fsp3) is 0.957. The lowest BCUT2D eigenvalue weighted by Crippen LogP contribution is -2.57. The molecular formula is C23H41F3O2. The molecule has 1 unspecified atom stereocenters. The van der Waals surface area contributed by atoms with Crippen molar-refractivity contribution in [2.24, 2.45) is 27.6 Å². The highest BCUT2D eigenvalue weighted by atomic mass is 19.4. The molecule has 0 heterocycles. The highest BCUT2D eigenvalue weighted by molar-refractivity contribution is 5.79. The second-order valence-corrected chi connectivity index (χ2v) is 11.6. The van der Waals surface area contributed by atoms with Gasteiger partial charge in [-0.2, -0.15) is 13.2 Å². The Morgan fingerprint density at radius 3 is 1.68 bits per heavy atom. The quantitative estimate of drug-likeness (QED) is 0.440. The van der Waals surface area contributed by atoms with Crippen LogP contribution in [0.15, 0.2) is 0 Å². The lowest BCUT2D eigenvalue weighted by molar-refractivity contribution is -0.272. The molecule has 1 aliphatic carbocycles. The first kappa shape index (κ1) is 25.3. The van der Waals surface area contributed by atoms with E-state index in [9.17, 15) is 18.0 Å². The molecule has 0 N–H and O–H groups in total. The van der Waals surface area contributed by atoms with Gasteiger partial charge in [-0.05, 0) is 54.3 Å². The first-order valence-electron chi connectivity index (χ1n) is 10.7. The maximum atomic E-state index is 14.5. The predicted molar refractivity (Wildman–Crippen MR) is 108 cm³/mol. The van der Waals surface area contributed by atoms with E-state index in [-0.39, 0.29) is 11.8 Å². The molecule has 1 rings (SSSR count). The summed E-state index contributed by atoms with van der Waals surface area (Å²) in [7, 11) is 0. The van der Waals surface area contributed by atoms with E-state index in [0.717, 1.165) is 12.8 Å². The van der Waals surface area contributed by atoms with Gasteiger partial charge in [0.05, 0.1) is 0 Å². The summed E-state index contributed by atoms with van der Waals surface area (Å²) in [5.41, 5.74) is -4.26. The van der Waals surface area contributed by atoms with Gasteiger partial charge in [-0.15, -0.1) is 0 Å². The molecule has 0 spiro atoms. The number of carbonyl (C=O) groups is 1. The summed E-state index contributed by atoms with van der Waals surface area (Å²) >= 11 is 0. The number of rotatable bonds is 5. The monoisotopic (exact) mass is 406 g/mol. The van der Waals surface area contributed by atoms with Crippen LogP contribution in [0.2, 0.25) is 0 Å². The molecule has 28 heavy (non-hydrogen) atoms. The fourth-order valence-corrected chi connectivity index (χ4v) is 4.43. The maximum absolute atomic E-state index is 14.5. The number of halogens is 3. The third kappa shape index (κ3) is 5.44. The number of esters is 1. The predicted octanol–water partition coefficient (Wildman–Crippen LogP) is 7.56. The minimum atomic E-state index is -4.67. The van der Waals surface area contributed by atoms with Crippen LogP contribution in [0.1, 0.15) is 101 Å². The average molecular weight is 407 g/mol. The summed E-state index contributed by atoms with van der Waals surface area (Å²) in [5, 5.41) is 0. The van der Waals surface area contributed by atoms with Gasteiger partial charge in [0.2, 0.25) is 0 Å². The third-order valence-corrected chi connectivity index (χ3v) is 6.99. The molecule has 0 aliphatic heterocycles. The molecular weight excluding hydrogens is 365 g/mol. The van der Waals surface area contributed by atoms with E-state index in [1.54, 1.807) is 13.8 Å². The summed E-state index contributed by atoms with van der Waals surface area (Å²) in [6.07, 6.45) is -1.74. The Morgan fingerprint density at radius 2 is 1.36 bits per heavy atom. The van der Waals surface area contributed by atoms with E-state index >= 15 is 0 Å². The molecule has 0 aromatic heterocycles. The van der Waals surface area contributed by atoms with Crippen molar-refractivity contribution in [2.45, 2.75) is 113 Å². The summed E-state index contributed by atoms with van der Waals surface area (Å²) in [4.78, 5) is 13.2. The number of ether oxygens (including phenoxy) is 1. The number of hydrogen-bond donors (Lipinski definition) is 0. The molecule has 0 aromatic carbocycles. The van der Waals surface area contributed by atoms with E-state index in [1.165, 1.54) is 20.8 Å². The lowest BCUT2D eigenvalue weighted by atomic mass is 9.58. The maximum Gasteiger partial charge on any atom is 0.405 e. The number of hydrogen-bond acceptors (Lipinski definition) is 2. The van der Waals surface area contributed by atoms with Crippen LogP contribution in [-0.4, -0.2) is 18.2 Å². The summed E-state index contributed by atoms with van der Waals surface area (Å²) in [6.45, 7) is 16.5. The van der Waals surface area contributed by atoms with Gasteiger partial charge in [-0.1, -0.05) is 68.7 Å². The van der Waals surface area contributed by atoms with E-state index in [1.807, 2.05) is 6.92 Å². The van der Waals surface area contributed by atoms with Gasteiger partial charge in [0.1, 0.15) is 6.10 Å². The molecule has 166 valence electrons. The molecule has 2 nitrogen and oxygen atoms in total. The van der Waals surface area contributed by atoms with Crippen LogP contribution >= 0.6 is 0 Å². The minimum absolute atomic E-state index is 0.168. The molecule has 0 amide bonds. The van der Waals surface area contributed by atoms with Crippen LogP contribution < -0.4 is 0 Å². The van der Waals surface area contributed by atoms with Crippen molar-refractivity contribution < 1.29 is 22.7 Å². The van der Waals surface area contributed by atoms with Crippen molar-refractivity contribution >= 4 is 5.97 Å². The summed E-state index contributed by atoms with van der Waals surface area (Å²) < 4.78 is 49.0. The highest BCUT2D eigenvalue weighted by Gasteiger charge is 2.68. The van der Waals surface area contributed by atoms with Gasteiger partial charge >= 0.3 is 12.1 Å². The van der Waals surface area contributed by atoms with Crippen molar-refractivity contribution in [1.29, 1.82) is 0 Å². The van der Waals surface area contributed by atoms with Crippen molar-refractivity contribution in [2.75, 3.05) is 0 Å². The van der Waals surface area contributed by atoms with Crippen molar-refractivity contribution in [1.82, 2.24) is 0 Å². The molecule has 0 saturated heterocycles. The molecule has 1 fully saturated rings. The molecule has 1 aliphatic rings. The van der Waals surface area contributed by atoms with E-state index in [4.69, 9.17) is 4.74 Å². The Hall–Kier alpha value is -0.740. The van der Waals surface area contributed by atoms with Crippen LogP contribution in [0.3, 0.4) is 0 Å². The van der Waals surface area contributed by atoms with E-state index < -0.39 is 34.5 Å². The largest absolute Gasteiger partial charge is 0.462 e. The standard InChI is InChI=1S/C23H41F3O2/c1-10-21(8,9)15-22(20(5,6)7,23(24,25)26)18(27)28-17-13-11-16(12-14-17)19(2,3)4/h16-17H,10-15H2,1-9H3. The highest BCUT2D eigenvalue weighted by Crippen LogP contribution is 2.58. The average Bonchev–Trinajstić information content (AvgIpc) is 2.49. The molecule has 0 aromatic rings. The zero-order chi connectivity index (χ0) is 22.2. The van der Waals surface area contributed by atoms with Crippen LogP contribution in [0.4, 0.5) is 13.2 Å². The molecule has 0 bridgehead atoms. The smallest absolute Gasteiger partial charge is 0.405 e. The van der Waals surface area contributed by atoms with Gasteiger partial charge in [-0.25, -0.2) is 0 Å². The molecule has 1 saturated carbocycles. The Bertz CT molecular complexity index is 514. The fourth-order valence-electron chi connectivity index (χ4n) is 4.43. The summed E-state index contributed by atoms with van der Waals surface area (Å²) in [5.74, 6) is -0.579. The second-order valence-electron chi connectivity index (χ2n) is 11.6. The third-order valence-electron chi connectivity index (χ3n) is 6.99. The van der Waals surface area contributed by atoms with E-state index in [0.29, 0.717) is 25.2 Å². The van der Waals surface area contributed by atoms with Gasteiger partial charge < -0.3 is 4.74 Å². The van der Waals surface area contributed by atoms with Gasteiger partial charge in [-0.3, -0.25) is 4.79 Å². The van der Waals surface area contributed by atoms with Crippen LogP contribution in [-0.2, 0) is 9.53 Å². The first-order chi connectivity index (χ1) is 12.4. The zero-order valence-corrected chi connectivity index (χ0v) is 19.3. The Kier molecular flexibility index (Phi) is 7.39. The molecule has 0 radical (unpaired) electrons. The molecule has 5 heteroatoms. The Balaban J connectivity index is 3.13. The Morgan fingerprint density at radius 1 is 0.893 bits per heavy atom. The van der Waals surface area contributed by atoms with Crippen LogP contribution in [0.25, 0.3) is 0 Å². The normalized spacial score (nSPS) is 24.6. The van der Waals surface area contributed by atoms with E-state index in [2.05, 4.69) is 20.8 Å². The Labute approximate surface area is 170 Å². The van der Waals surface area contributed by atoms with Crippen molar-refractivity contribution in [3.05, 3.63) is 0 Å². The van der Waals surface area contributed by atoms with Crippen molar-refractivity contribution in [3.8, 4) is 0 Å². The second kappa shape index (κ2) is 8.18. The first-order valence-corrected chi connectivity index (χ1v) is 10.7.